The normalized spacial score (nSPS) is 30.9. The molecule has 0 spiro atoms. The number of amides is 2. The van der Waals surface area contributed by atoms with Gasteiger partial charge >= 0.3 is 6.03 Å². The van der Waals surface area contributed by atoms with Crippen LogP contribution in [0, 0.1) is 0 Å². The molecule has 0 aromatic carbocycles. The van der Waals surface area contributed by atoms with Crippen molar-refractivity contribution >= 4 is 27.8 Å². The van der Waals surface area contributed by atoms with Crippen LogP contribution < -0.4 is 0 Å². The number of carbonyl (C=O) groups is 1. The second-order valence-electron chi connectivity index (χ2n) is 5.55. The van der Waals surface area contributed by atoms with E-state index in [4.69, 9.17) is 0 Å². The Morgan fingerprint density at radius 2 is 1.80 bits per heavy atom. The molecule has 3 aliphatic heterocycles. The molecule has 1 atom stereocenters. The predicted molar refractivity (Wildman–Crippen MR) is 79.4 cm³/mol. The summed E-state index contributed by atoms with van der Waals surface area (Å²) in [6.45, 7) is 3.48. The number of nitrogens with zero attached hydrogens (tertiary/aromatic N) is 3. The predicted octanol–water partition coefficient (Wildman–Crippen LogP) is 0.265. The molecule has 8 heteroatoms. The van der Waals surface area contributed by atoms with Crippen LogP contribution in [-0.2, 0) is 10.0 Å². The van der Waals surface area contributed by atoms with Gasteiger partial charge in [-0.15, -0.1) is 0 Å². The van der Waals surface area contributed by atoms with Crippen molar-refractivity contribution in [1.82, 2.24) is 14.1 Å². The van der Waals surface area contributed by atoms with Gasteiger partial charge in [0.2, 0.25) is 10.0 Å². The molecule has 6 nitrogen and oxygen atoms in total. The van der Waals surface area contributed by atoms with Crippen molar-refractivity contribution in [2.24, 2.45) is 0 Å². The minimum Gasteiger partial charge on any atom is -0.323 e. The first kappa shape index (κ1) is 14.5. The van der Waals surface area contributed by atoms with E-state index >= 15 is 0 Å². The van der Waals surface area contributed by atoms with E-state index in [1.807, 2.05) is 21.6 Å². The van der Waals surface area contributed by atoms with Crippen LogP contribution in [0.4, 0.5) is 4.79 Å². The molecule has 3 rings (SSSR count). The summed E-state index contributed by atoms with van der Waals surface area (Å²) in [6, 6.07) is 0.0787. The molecule has 2 amide bonds. The van der Waals surface area contributed by atoms with Crippen LogP contribution in [0.15, 0.2) is 0 Å². The van der Waals surface area contributed by atoms with Gasteiger partial charge in [-0.05, 0) is 12.8 Å². The zero-order valence-corrected chi connectivity index (χ0v) is 13.2. The molecular weight excluding hydrogens is 298 g/mol. The minimum absolute atomic E-state index is 0.00869. The van der Waals surface area contributed by atoms with E-state index < -0.39 is 10.0 Å². The van der Waals surface area contributed by atoms with E-state index in [-0.39, 0.29) is 17.8 Å². The summed E-state index contributed by atoms with van der Waals surface area (Å²) in [6.07, 6.45) is 1.49. The number of likely N-dealkylation sites (tertiary alicyclic amines) is 1. The highest BCUT2D eigenvalue weighted by Gasteiger charge is 2.39. The average molecular weight is 319 g/mol. The van der Waals surface area contributed by atoms with Gasteiger partial charge in [-0.25, -0.2) is 13.2 Å². The second kappa shape index (κ2) is 5.73. The maximum atomic E-state index is 12.4. The van der Waals surface area contributed by atoms with Gasteiger partial charge in [-0.3, -0.25) is 0 Å². The van der Waals surface area contributed by atoms with E-state index in [1.165, 1.54) is 0 Å². The van der Waals surface area contributed by atoms with E-state index in [9.17, 15) is 13.2 Å². The summed E-state index contributed by atoms with van der Waals surface area (Å²) >= 11 is 1.88. The Labute approximate surface area is 124 Å². The molecule has 3 saturated heterocycles. The third-order valence-electron chi connectivity index (χ3n) is 4.26. The Morgan fingerprint density at radius 3 is 2.45 bits per heavy atom. The van der Waals surface area contributed by atoms with E-state index in [0.717, 1.165) is 37.4 Å². The summed E-state index contributed by atoms with van der Waals surface area (Å²) in [7, 11) is -3.07. The molecule has 3 heterocycles. The van der Waals surface area contributed by atoms with Crippen molar-refractivity contribution in [3.05, 3.63) is 0 Å². The lowest BCUT2D eigenvalue weighted by atomic mass is 10.2. The third kappa shape index (κ3) is 2.78. The highest BCUT2D eigenvalue weighted by atomic mass is 32.2. The molecule has 0 radical (unpaired) electrons. The van der Waals surface area contributed by atoms with Crippen LogP contribution in [0.3, 0.4) is 0 Å². The van der Waals surface area contributed by atoms with Gasteiger partial charge in [0.25, 0.3) is 0 Å². The monoisotopic (exact) mass is 319 g/mol. The summed E-state index contributed by atoms with van der Waals surface area (Å²) in [4.78, 5) is 16.1. The first-order chi connectivity index (χ1) is 9.58. The van der Waals surface area contributed by atoms with Crippen molar-refractivity contribution in [2.45, 2.75) is 18.9 Å². The Morgan fingerprint density at radius 1 is 1.05 bits per heavy atom. The highest BCUT2D eigenvalue weighted by molar-refractivity contribution is 7.99. The SMILES string of the molecule is O=C(N1CCSCC1)N1CCC(N2CCCS2(=O)=O)C1. The zero-order valence-electron chi connectivity index (χ0n) is 11.5. The number of hydrogen-bond donors (Lipinski definition) is 0. The molecule has 114 valence electrons. The van der Waals surface area contributed by atoms with Crippen LogP contribution in [0.1, 0.15) is 12.8 Å². The number of sulfonamides is 1. The van der Waals surface area contributed by atoms with Crippen LogP contribution in [0.25, 0.3) is 0 Å². The molecule has 0 saturated carbocycles. The largest absolute Gasteiger partial charge is 0.323 e. The van der Waals surface area contributed by atoms with Crippen LogP contribution >= 0.6 is 11.8 Å². The van der Waals surface area contributed by atoms with Gasteiger partial charge in [0.1, 0.15) is 0 Å². The number of hydrogen-bond acceptors (Lipinski definition) is 4. The van der Waals surface area contributed by atoms with E-state index in [2.05, 4.69) is 0 Å². The van der Waals surface area contributed by atoms with Crippen molar-refractivity contribution in [2.75, 3.05) is 50.0 Å². The molecule has 0 N–H and O–H groups in total. The van der Waals surface area contributed by atoms with Crippen LogP contribution in [0.2, 0.25) is 0 Å². The topological polar surface area (TPSA) is 60.9 Å². The van der Waals surface area contributed by atoms with Gasteiger partial charge in [0.05, 0.1) is 5.75 Å². The quantitative estimate of drug-likeness (QED) is 0.696. The lowest BCUT2D eigenvalue weighted by Crippen LogP contribution is -2.47. The molecule has 3 aliphatic rings. The lowest BCUT2D eigenvalue weighted by molar-refractivity contribution is 0.164. The van der Waals surface area contributed by atoms with Crippen molar-refractivity contribution in [1.29, 1.82) is 0 Å². The van der Waals surface area contributed by atoms with Crippen LogP contribution in [0.5, 0.6) is 0 Å². The van der Waals surface area contributed by atoms with E-state index in [0.29, 0.717) is 19.6 Å². The highest BCUT2D eigenvalue weighted by Crippen LogP contribution is 2.25. The fourth-order valence-electron chi connectivity index (χ4n) is 3.17. The summed E-state index contributed by atoms with van der Waals surface area (Å²) in [5.41, 5.74) is 0. The maximum Gasteiger partial charge on any atom is 0.320 e. The molecule has 20 heavy (non-hydrogen) atoms. The van der Waals surface area contributed by atoms with Crippen molar-refractivity contribution < 1.29 is 13.2 Å². The number of urea groups is 1. The van der Waals surface area contributed by atoms with Gasteiger partial charge in [0, 0.05) is 50.3 Å². The smallest absolute Gasteiger partial charge is 0.320 e. The first-order valence-corrected chi connectivity index (χ1v) is 9.95. The van der Waals surface area contributed by atoms with Gasteiger partial charge < -0.3 is 9.80 Å². The lowest BCUT2D eigenvalue weighted by Gasteiger charge is -2.31. The van der Waals surface area contributed by atoms with Gasteiger partial charge in [0.15, 0.2) is 0 Å². The Bertz CT molecular complexity index is 476. The zero-order chi connectivity index (χ0) is 14.2. The molecule has 1 unspecified atom stereocenters. The number of thioether (sulfide) groups is 1. The Kier molecular flexibility index (Phi) is 4.14. The van der Waals surface area contributed by atoms with Crippen molar-refractivity contribution in [3.8, 4) is 0 Å². The maximum absolute atomic E-state index is 12.4. The molecule has 0 aliphatic carbocycles. The number of rotatable bonds is 1. The average Bonchev–Trinajstić information content (AvgIpc) is 3.04. The molecule has 0 bridgehead atoms. The molecule has 0 aromatic heterocycles. The fraction of sp³-hybridized carbons (Fsp3) is 0.917. The number of carbonyl (C=O) groups excluding carboxylic acids is 1. The Hall–Kier alpha value is -0.470. The molecular formula is C12H21N3O3S2. The summed E-state index contributed by atoms with van der Waals surface area (Å²) in [5, 5.41) is 0. The van der Waals surface area contributed by atoms with Crippen LogP contribution in [-0.4, -0.2) is 84.6 Å². The standard InChI is InChI=1S/C12H21N3O3S2/c16-12(13-5-7-19-8-6-13)14-4-2-11(10-14)15-3-1-9-20(15,17)18/h11H,1-10H2. The second-order valence-corrected chi connectivity index (χ2v) is 8.82. The van der Waals surface area contributed by atoms with Gasteiger partial charge in [-0.1, -0.05) is 0 Å². The van der Waals surface area contributed by atoms with Gasteiger partial charge in [-0.2, -0.15) is 16.1 Å². The minimum atomic E-state index is -3.07. The third-order valence-corrected chi connectivity index (χ3v) is 7.20. The summed E-state index contributed by atoms with van der Waals surface area (Å²) < 4.78 is 25.5. The van der Waals surface area contributed by atoms with Crippen molar-refractivity contribution in [3.63, 3.8) is 0 Å². The Balaban J connectivity index is 1.60. The first-order valence-electron chi connectivity index (χ1n) is 7.19. The fourth-order valence-corrected chi connectivity index (χ4v) is 5.84. The molecule has 0 aromatic rings. The summed E-state index contributed by atoms with van der Waals surface area (Å²) in [5.74, 6) is 2.27. The van der Waals surface area contributed by atoms with E-state index in [1.54, 1.807) is 4.31 Å². The molecule has 3 fully saturated rings.